The van der Waals surface area contributed by atoms with Gasteiger partial charge in [0, 0.05) is 30.4 Å². The van der Waals surface area contributed by atoms with Crippen molar-refractivity contribution >= 4 is 0 Å². The SMILES string of the molecule is C1CN2CCC1CC2.C=C(N)C1CNN(C2=CCCC=C2)C1. The predicted octanol–water partition coefficient (Wildman–Crippen LogP) is 2.23. The summed E-state index contributed by atoms with van der Waals surface area (Å²) in [7, 11) is 0. The van der Waals surface area contributed by atoms with Gasteiger partial charge in [-0.1, -0.05) is 18.7 Å². The van der Waals surface area contributed by atoms with E-state index in [1.54, 1.807) is 0 Å². The Bertz CT molecular complexity index is 423. The first-order valence-electron chi connectivity index (χ1n) is 8.77. The number of nitrogens with zero attached hydrogens (tertiary/aromatic N) is 2. The zero-order valence-electron chi connectivity index (χ0n) is 13.6. The van der Waals surface area contributed by atoms with E-state index in [0.717, 1.165) is 37.5 Å². The third kappa shape index (κ3) is 3.93. The average Bonchev–Trinajstić information content (AvgIpc) is 3.08. The highest BCUT2D eigenvalue weighted by atomic mass is 15.5. The van der Waals surface area contributed by atoms with Gasteiger partial charge in [0.1, 0.15) is 0 Å². The maximum Gasteiger partial charge on any atom is 0.0477 e. The van der Waals surface area contributed by atoms with Gasteiger partial charge in [-0.3, -0.25) is 0 Å². The molecule has 122 valence electrons. The molecule has 0 aromatic heterocycles. The molecule has 0 aromatic carbocycles. The number of hydrogen-bond donors (Lipinski definition) is 2. The summed E-state index contributed by atoms with van der Waals surface area (Å²) in [6, 6.07) is 0. The number of nitrogens with two attached hydrogens (primary N) is 1. The van der Waals surface area contributed by atoms with Gasteiger partial charge in [0.05, 0.1) is 0 Å². The molecule has 3 N–H and O–H groups in total. The van der Waals surface area contributed by atoms with Crippen LogP contribution in [0.2, 0.25) is 0 Å². The Balaban J connectivity index is 0.000000151. The number of allylic oxidation sites excluding steroid dienone is 3. The summed E-state index contributed by atoms with van der Waals surface area (Å²) >= 11 is 0. The van der Waals surface area contributed by atoms with Crippen LogP contribution in [0, 0.1) is 11.8 Å². The third-order valence-corrected chi connectivity index (χ3v) is 5.30. The van der Waals surface area contributed by atoms with Crippen LogP contribution in [0.25, 0.3) is 0 Å². The molecule has 0 aromatic rings. The van der Waals surface area contributed by atoms with Crippen molar-refractivity contribution in [3.63, 3.8) is 0 Å². The molecule has 0 saturated carbocycles. The van der Waals surface area contributed by atoms with E-state index in [1.165, 1.54) is 44.6 Å². The van der Waals surface area contributed by atoms with E-state index in [0.29, 0.717) is 5.92 Å². The van der Waals surface area contributed by atoms with E-state index < -0.39 is 0 Å². The standard InChI is InChI=1S/C11H17N3.C7H13N/c1-9(12)10-7-13-14(8-10)11-5-3-2-4-6-11;1-4-8-5-2-7(1)3-6-8/h3,5-6,10,13H,1-2,4,7-8,12H2;7H,1-6H2. The Morgan fingerprint density at radius 1 is 1.18 bits per heavy atom. The Kier molecular flexibility index (Phi) is 5.21. The van der Waals surface area contributed by atoms with E-state index in [2.05, 4.69) is 40.1 Å². The molecule has 0 amide bonds. The van der Waals surface area contributed by atoms with Crippen LogP contribution < -0.4 is 11.2 Å². The van der Waals surface area contributed by atoms with Crippen molar-refractivity contribution in [1.82, 2.24) is 15.3 Å². The van der Waals surface area contributed by atoms with E-state index in [4.69, 9.17) is 5.73 Å². The molecule has 1 atom stereocenters. The van der Waals surface area contributed by atoms with E-state index >= 15 is 0 Å². The van der Waals surface area contributed by atoms with Gasteiger partial charge < -0.3 is 15.6 Å². The summed E-state index contributed by atoms with van der Waals surface area (Å²) < 4.78 is 0. The number of fused-ring (bicyclic) bond motifs is 3. The number of hydrazine groups is 1. The average molecular weight is 302 g/mol. The Morgan fingerprint density at radius 3 is 2.32 bits per heavy atom. The lowest BCUT2D eigenvalue weighted by atomic mass is 9.89. The van der Waals surface area contributed by atoms with Gasteiger partial charge in [-0.05, 0) is 63.7 Å². The van der Waals surface area contributed by atoms with Crippen LogP contribution in [0.1, 0.15) is 32.1 Å². The molecule has 0 spiro atoms. The first-order valence-corrected chi connectivity index (χ1v) is 8.77. The van der Waals surface area contributed by atoms with Crippen LogP contribution in [0.5, 0.6) is 0 Å². The molecule has 5 rings (SSSR count). The first kappa shape index (κ1) is 15.6. The van der Waals surface area contributed by atoms with Crippen LogP contribution in [-0.4, -0.2) is 42.6 Å². The monoisotopic (exact) mass is 302 g/mol. The van der Waals surface area contributed by atoms with Crippen molar-refractivity contribution in [3.05, 3.63) is 36.2 Å². The van der Waals surface area contributed by atoms with E-state index in [9.17, 15) is 0 Å². The molecule has 22 heavy (non-hydrogen) atoms. The van der Waals surface area contributed by atoms with Gasteiger partial charge >= 0.3 is 0 Å². The molecular formula is C18H30N4. The lowest BCUT2D eigenvalue weighted by molar-refractivity contribution is 0.111. The molecule has 4 saturated heterocycles. The molecule has 4 aliphatic heterocycles. The molecule has 5 aliphatic rings. The summed E-state index contributed by atoms with van der Waals surface area (Å²) in [6.07, 6.45) is 13.4. The third-order valence-electron chi connectivity index (χ3n) is 5.30. The summed E-state index contributed by atoms with van der Waals surface area (Å²) in [4.78, 5) is 2.58. The van der Waals surface area contributed by atoms with Gasteiger partial charge in [-0.15, -0.1) is 0 Å². The van der Waals surface area contributed by atoms with E-state index in [1.807, 2.05) is 0 Å². The fourth-order valence-corrected chi connectivity index (χ4v) is 3.68. The van der Waals surface area contributed by atoms with Gasteiger partial charge in [-0.25, -0.2) is 5.43 Å². The molecular weight excluding hydrogens is 272 g/mol. The summed E-state index contributed by atoms with van der Waals surface area (Å²) in [5, 5.41) is 2.17. The van der Waals surface area contributed by atoms with Crippen LogP contribution in [-0.2, 0) is 0 Å². The second kappa shape index (κ2) is 7.34. The van der Waals surface area contributed by atoms with Crippen LogP contribution in [0.3, 0.4) is 0 Å². The number of piperidine rings is 3. The zero-order valence-corrected chi connectivity index (χ0v) is 13.6. The molecule has 0 radical (unpaired) electrons. The molecule has 4 fully saturated rings. The van der Waals surface area contributed by atoms with Crippen LogP contribution in [0.4, 0.5) is 0 Å². The summed E-state index contributed by atoms with van der Waals surface area (Å²) in [5.41, 5.74) is 11.1. The smallest absolute Gasteiger partial charge is 0.0477 e. The highest BCUT2D eigenvalue weighted by molar-refractivity contribution is 5.22. The Hall–Kier alpha value is -1.26. The van der Waals surface area contributed by atoms with Crippen molar-refractivity contribution in [1.29, 1.82) is 0 Å². The second-order valence-electron chi connectivity index (χ2n) is 6.93. The largest absolute Gasteiger partial charge is 0.402 e. The fraction of sp³-hybridized carbons (Fsp3) is 0.667. The Labute approximate surface area is 134 Å². The lowest BCUT2D eigenvalue weighted by Crippen LogP contribution is -2.41. The minimum Gasteiger partial charge on any atom is -0.402 e. The highest BCUT2D eigenvalue weighted by Gasteiger charge is 2.25. The molecule has 1 unspecified atom stereocenters. The van der Waals surface area contributed by atoms with Crippen LogP contribution in [0.15, 0.2) is 36.2 Å². The first-order chi connectivity index (χ1) is 10.7. The predicted molar refractivity (Wildman–Crippen MR) is 91.8 cm³/mol. The highest BCUT2D eigenvalue weighted by Crippen LogP contribution is 2.26. The zero-order chi connectivity index (χ0) is 15.4. The minimum absolute atomic E-state index is 0.381. The van der Waals surface area contributed by atoms with Crippen LogP contribution >= 0.6 is 0 Å². The quantitative estimate of drug-likeness (QED) is 0.821. The fourth-order valence-electron chi connectivity index (χ4n) is 3.68. The normalized spacial score (nSPS) is 33.2. The van der Waals surface area contributed by atoms with E-state index in [-0.39, 0.29) is 0 Å². The summed E-state index contributed by atoms with van der Waals surface area (Å²) in [6.45, 7) is 9.81. The van der Waals surface area contributed by atoms with Gasteiger partial charge in [0.25, 0.3) is 0 Å². The van der Waals surface area contributed by atoms with Crippen molar-refractivity contribution < 1.29 is 0 Å². The van der Waals surface area contributed by atoms with Gasteiger partial charge in [0.15, 0.2) is 0 Å². The van der Waals surface area contributed by atoms with Gasteiger partial charge in [0.2, 0.25) is 0 Å². The Morgan fingerprint density at radius 2 is 1.91 bits per heavy atom. The molecule has 2 bridgehead atoms. The van der Waals surface area contributed by atoms with Crippen molar-refractivity contribution in [2.24, 2.45) is 17.6 Å². The molecule has 4 heteroatoms. The number of rotatable bonds is 2. The van der Waals surface area contributed by atoms with Crippen molar-refractivity contribution in [2.45, 2.75) is 32.1 Å². The summed E-state index contributed by atoms with van der Waals surface area (Å²) in [5.74, 6) is 1.49. The minimum atomic E-state index is 0.381. The topological polar surface area (TPSA) is 44.5 Å². The van der Waals surface area contributed by atoms with Crippen molar-refractivity contribution in [3.8, 4) is 0 Å². The molecule has 1 aliphatic carbocycles. The molecule has 4 nitrogen and oxygen atoms in total. The number of hydrogen-bond acceptors (Lipinski definition) is 4. The lowest BCUT2D eigenvalue weighted by Gasteiger charge is -2.38. The maximum atomic E-state index is 5.69. The number of nitrogens with one attached hydrogen (secondary N) is 1. The second-order valence-corrected chi connectivity index (χ2v) is 6.93. The molecule has 4 heterocycles. The van der Waals surface area contributed by atoms with Gasteiger partial charge in [-0.2, -0.15) is 0 Å². The van der Waals surface area contributed by atoms with Crippen molar-refractivity contribution in [2.75, 3.05) is 32.7 Å². The maximum absolute atomic E-state index is 5.69.